The maximum Gasteiger partial charge on any atom is 0.215 e. The first-order chi connectivity index (χ1) is 12.7. The molecule has 1 aliphatic rings. The molecule has 27 heavy (non-hydrogen) atoms. The Kier molecular flexibility index (Phi) is 7.23. The fourth-order valence-electron chi connectivity index (χ4n) is 3.07. The van der Waals surface area contributed by atoms with Crippen LogP contribution in [-0.2, 0) is 10.0 Å². The monoisotopic (exact) mass is 397 g/mol. The van der Waals surface area contributed by atoms with Gasteiger partial charge in [0.15, 0.2) is 0 Å². The average Bonchev–Trinajstić information content (AvgIpc) is 2.65. The second-order valence-electron chi connectivity index (χ2n) is 7.41. The molecule has 150 valence electrons. The van der Waals surface area contributed by atoms with Gasteiger partial charge >= 0.3 is 0 Å². The van der Waals surface area contributed by atoms with Crippen molar-refractivity contribution in [3.63, 3.8) is 0 Å². The first-order valence-corrected chi connectivity index (χ1v) is 10.6. The molecule has 1 unspecified atom stereocenters. The fourth-order valence-corrected chi connectivity index (χ4v) is 4.95. The first kappa shape index (κ1) is 21.6. The zero-order valence-corrected chi connectivity index (χ0v) is 16.9. The van der Waals surface area contributed by atoms with Crippen LogP contribution in [0.25, 0.3) is 0 Å². The van der Waals surface area contributed by atoms with Gasteiger partial charge in [0, 0.05) is 38.3 Å². The number of piperazine rings is 1. The summed E-state index contributed by atoms with van der Waals surface area (Å²) < 4.78 is 40.2. The third-order valence-electron chi connectivity index (χ3n) is 5.02. The van der Waals surface area contributed by atoms with E-state index in [1.54, 1.807) is 19.1 Å². The number of hydroxylamine groups is 1. The number of hydrogen-bond acceptors (Lipinski definition) is 5. The minimum absolute atomic E-state index is 0.196. The Bertz CT molecular complexity index is 777. The highest BCUT2D eigenvalue weighted by molar-refractivity contribution is 7.89. The smallest absolute Gasteiger partial charge is 0.215 e. The fraction of sp³-hybridized carbons (Fsp3) is 0.579. The van der Waals surface area contributed by atoms with Crippen LogP contribution < -0.4 is 10.4 Å². The molecule has 0 bridgehead atoms. The molecule has 1 heterocycles. The van der Waals surface area contributed by atoms with Crippen LogP contribution in [0.2, 0.25) is 0 Å². The van der Waals surface area contributed by atoms with Crippen molar-refractivity contribution in [2.75, 3.05) is 36.8 Å². The van der Waals surface area contributed by atoms with E-state index in [1.165, 1.54) is 16.4 Å². The quantitative estimate of drug-likeness (QED) is 0.544. The van der Waals surface area contributed by atoms with E-state index in [1.807, 2.05) is 18.7 Å². The zero-order chi connectivity index (χ0) is 20.1. The molecule has 0 aromatic heterocycles. The summed E-state index contributed by atoms with van der Waals surface area (Å²) in [6.45, 7) is 7.27. The molecule has 2 rings (SSSR count). The molecule has 6 nitrogen and oxygen atoms in total. The van der Waals surface area contributed by atoms with Gasteiger partial charge in [0.2, 0.25) is 10.0 Å². The molecular formula is C19H28FN3O3S. The SMILES string of the molecule is CC#CCC(C)(C)C(CS(=O)(=O)N1CCN(c2ccc(F)cc2)CC1)NO. The molecular weight excluding hydrogens is 369 g/mol. The van der Waals surface area contributed by atoms with Gasteiger partial charge in [-0.05, 0) is 36.6 Å². The summed E-state index contributed by atoms with van der Waals surface area (Å²) in [6, 6.07) is 5.57. The Morgan fingerprint density at radius 2 is 1.81 bits per heavy atom. The molecule has 1 fully saturated rings. The van der Waals surface area contributed by atoms with E-state index in [2.05, 4.69) is 17.3 Å². The summed E-state index contributed by atoms with van der Waals surface area (Å²) in [5, 5.41) is 9.52. The van der Waals surface area contributed by atoms with E-state index in [9.17, 15) is 18.0 Å². The number of nitrogens with zero attached hydrogens (tertiary/aromatic N) is 2. The van der Waals surface area contributed by atoms with Gasteiger partial charge in [-0.15, -0.1) is 11.8 Å². The minimum atomic E-state index is -3.54. The molecule has 0 saturated carbocycles. The summed E-state index contributed by atoms with van der Waals surface area (Å²) in [7, 11) is -3.54. The lowest BCUT2D eigenvalue weighted by Crippen LogP contribution is -2.53. The van der Waals surface area contributed by atoms with Crippen molar-refractivity contribution in [2.24, 2.45) is 5.41 Å². The highest BCUT2D eigenvalue weighted by Gasteiger charge is 2.36. The van der Waals surface area contributed by atoms with Gasteiger partial charge in [0.25, 0.3) is 0 Å². The van der Waals surface area contributed by atoms with Crippen LogP contribution in [-0.4, -0.2) is 55.9 Å². The van der Waals surface area contributed by atoms with Crippen molar-refractivity contribution < 1.29 is 18.0 Å². The Morgan fingerprint density at radius 3 is 2.33 bits per heavy atom. The standard InChI is InChI=1S/C19H28FN3O3S/c1-4-5-10-19(2,3)18(21-24)15-27(25,26)23-13-11-22(12-14-23)17-8-6-16(20)7-9-17/h6-9,18,21,24H,10-15H2,1-3H3. The van der Waals surface area contributed by atoms with Crippen molar-refractivity contribution >= 4 is 15.7 Å². The van der Waals surface area contributed by atoms with Crippen molar-refractivity contribution in [2.45, 2.75) is 33.2 Å². The molecule has 0 radical (unpaired) electrons. The second kappa shape index (κ2) is 9.02. The molecule has 1 atom stereocenters. The van der Waals surface area contributed by atoms with Gasteiger partial charge in [-0.1, -0.05) is 13.8 Å². The Hall–Kier alpha value is -1.66. The lowest BCUT2D eigenvalue weighted by molar-refractivity contribution is 0.0765. The number of benzene rings is 1. The molecule has 0 spiro atoms. The number of hydrogen-bond donors (Lipinski definition) is 2. The van der Waals surface area contributed by atoms with Crippen molar-refractivity contribution in [1.82, 2.24) is 9.79 Å². The third kappa shape index (κ3) is 5.66. The van der Waals surface area contributed by atoms with Crippen LogP contribution in [0.4, 0.5) is 10.1 Å². The lowest BCUT2D eigenvalue weighted by Gasteiger charge is -2.37. The van der Waals surface area contributed by atoms with Gasteiger partial charge < -0.3 is 10.1 Å². The highest BCUT2D eigenvalue weighted by Crippen LogP contribution is 2.27. The number of halogens is 1. The van der Waals surface area contributed by atoms with E-state index in [0.29, 0.717) is 32.6 Å². The lowest BCUT2D eigenvalue weighted by atomic mass is 9.83. The van der Waals surface area contributed by atoms with Gasteiger partial charge in [-0.2, -0.15) is 4.31 Å². The van der Waals surface area contributed by atoms with Crippen LogP contribution in [0.3, 0.4) is 0 Å². The largest absolute Gasteiger partial charge is 0.369 e. The minimum Gasteiger partial charge on any atom is -0.369 e. The Labute approximate surface area is 161 Å². The topological polar surface area (TPSA) is 72.9 Å². The third-order valence-corrected chi connectivity index (χ3v) is 6.93. The van der Waals surface area contributed by atoms with Gasteiger partial charge in [-0.25, -0.2) is 18.3 Å². The van der Waals surface area contributed by atoms with Gasteiger partial charge in [-0.3, -0.25) is 0 Å². The summed E-state index contributed by atoms with van der Waals surface area (Å²) in [6.07, 6.45) is 0.482. The molecule has 1 aromatic rings. The van der Waals surface area contributed by atoms with Crippen LogP contribution in [0.15, 0.2) is 24.3 Å². The molecule has 0 aliphatic carbocycles. The van der Waals surface area contributed by atoms with E-state index in [4.69, 9.17) is 0 Å². The Morgan fingerprint density at radius 1 is 1.22 bits per heavy atom. The summed E-state index contributed by atoms with van der Waals surface area (Å²) in [5.41, 5.74) is 2.54. The molecule has 8 heteroatoms. The van der Waals surface area contributed by atoms with Crippen LogP contribution in [0.5, 0.6) is 0 Å². The number of sulfonamides is 1. The van der Waals surface area contributed by atoms with Crippen LogP contribution in [0, 0.1) is 23.1 Å². The van der Waals surface area contributed by atoms with E-state index in [0.717, 1.165) is 5.69 Å². The molecule has 2 N–H and O–H groups in total. The predicted molar refractivity (Wildman–Crippen MR) is 105 cm³/mol. The van der Waals surface area contributed by atoms with Crippen LogP contribution >= 0.6 is 0 Å². The summed E-state index contributed by atoms with van der Waals surface area (Å²) >= 11 is 0. The summed E-state index contributed by atoms with van der Waals surface area (Å²) in [4.78, 5) is 2.04. The highest BCUT2D eigenvalue weighted by atomic mass is 32.2. The number of anilines is 1. The van der Waals surface area contributed by atoms with E-state index in [-0.39, 0.29) is 11.6 Å². The summed E-state index contributed by atoms with van der Waals surface area (Å²) in [5.74, 6) is 5.27. The Balaban J connectivity index is 2.00. The first-order valence-electron chi connectivity index (χ1n) is 8.97. The van der Waals surface area contributed by atoms with Gasteiger partial charge in [0.05, 0.1) is 11.8 Å². The zero-order valence-electron chi connectivity index (χ0n) is 16.1. The van der Waals surface area contributed by atoms with Gasteiger partial charge in [0.1, 0.15) is 5.82 Å². The predicted octanol–water partition coefficient (Wildman–Crippen LogP) is 2.06. The molecule has 0 amide bonds. The van der Waals surface area contributed by atoms with Crippen molar-refractivity contribution in [1.29, 1.82) is 0 Å². The molecule has 1 aromatic carbocycles. The van der Waals surface area contributed by atoms with Crippen LogP contribution in [0.1, 0.15) is 27.2 Å². The van der Waals surface area contributed by atoms with E-state index < -0.39 is 21.5 Å². The molecule has 1 saturated heterocycles. The second-order valence-corrected chi connectivity index (χ2v) is 9.43. The van der Waals surface area contributed by atoms with Crippen molar-refractivity contribution in [3.8, 4) is 11.8 Å². The number of rotatable bonds is 7. The number of nitrogens with one attached hydrogen (secondary N) is 1. The average molecular weight is 398 g/mol. The maximum atomic E-state index is 13.1. The maximum absolute atomic E-state index is 13.1. The molecule has 1 aliphatic heterocycles. The normalized spacial score (nSPS) is 17.3. The van der Waals surface area contributed by atoms with Crippen molar-refractivity contribution in [3.05, 3.63) is 30.1 Å². The van der Waals surface area contributed by atoms with E-state index >= 15 is 0 Å².